The fourth-order valence-corrected chi connectivity index (χ4v) is 3.87. The Labute approximate surface area is 173 Å². The van der Waals surface area contributed by atoms with E-state index in [1.807, 2.05) is 44.2 Å². The van der Waals surface area contributed by atoms with E-state index in [1.54, 1.807) is 5.01 Å². The summed E-state index contributed by atoms with van der Waals surface area (Å²) < 4.78 is 0. The van der Waals surface area contributed by atoms with Crippen molar-refractivity contribution >= 4 is 12.0 Å². The molecule has 0 radical (unpaired) electrons. The van der Waals surface area contributed by atoms with Gasteiger partial charge >= 0.3 is 6.09 Å². The number of benzene rings is 1. The van der Waals surface area contributed by atoms with Gasteiger partial charge in [0.05, 0.1) is 12.1 Å². The molecule has 7 heteroatoms. The normalized spacial score (nSPS) is 19.3. The highest BCUT2D eigenvalue weighted by molar-refractivity contribution is 5.82. The number of nitrogens with zero attached hydrogens (tertiary/aromatic N) is 2. The lowest BCUT2D eigenvalue weighted by atomic mass is 9.93. The van der Waals surface area contributed by atoms with Gasteiger partial charge in [0, 0.05) is 13.1 Å². The number of amides is 2. The van der Waals surface area contributed by atoms with Crippen LogP contribution in [0.4, 0.5) is 4.79 Å². The molecule has 0 aliphatic carbocycles. The van der Waals surface area contributed by atoms with Gasteiger partial charge < -0.3 is 15.5 Å². The largest absolute Gasteiger partial charge is 0.464 e. The van der Waals surface area contributed by atoms with E-state index in [2.05, 4.69) is 19.2 Å². The van der Waals surface area contributed by atoms with Crippen LogP contribution in [0.25, 0.3) is 0 Å². The molecule has 1 aromatic carbocycles. The van der Waals surface area contributed by atoms with E-state index in [1.165, 1.54) is 5.01 Å². The summed E-state index contributed by atoms with van der Waals surface area (Å²) in [4.78, 5) is 24.9. The Hall–Kier alpha value is -2.12. The van der Waals surface area contributed by atoms with Gasteiger partial charge in [-0.05, 0) is 30.7 Å². The zero-order valence-corrected chi connectivity index (χ0v) is 18.0. The first-order chi connectivity index (χ1) is 13.7. The third-order valence-electron chi connectivity index (χ3n) is 5.62. The molecule has 0 saturated carbocycles. The molecule has 3 atom stereocenters. The van der Waals surface area contributed by atoms with Crippen LogP contribution in [0.3, 0.4) is 0 Å². The standard InChI is InChI=1S/C22H35N3O4/c1-5-6-12-18(25(21(28)29)24-14-13-22(3,4)15-24)19(26)20(27)23-16(2)17-10-8-7-9-11-17/h7-11,16,18-19,26H,5-6,12-15H2,1-4H3,(H,23,27)(H,28,29)/t16-,18+,19?/m1/s1. The van der Waals surface area contributed by atoms with Gasteiger partial charge in [0.15, 0.2) is 6.10 Å². The van der Waals surface area contributed by atoms with Crippen LogP contribution in [-0.4, -0.2) is 57.5 Å². The summed E-state index contributed by atoms with van der Waals surface area (Å²) in [5, 5.41) is 26.6. The van der Waals surface area contributed by atoms with Crippen molar-refractivity contribution in [2.45, 2.75) is 71.6 Å². The number of hydrazine groups is 1. The first-order valence-electron chi connectivity index (χ1n) is 10.5. The Morgan fingerprint density at radius 3 is 2.45 bits per heavy atom. The molecular formula is C22H35N3O4. The summed E-state index contributed by atoms with van der Waals surface area (Å²) in [7, 11) is 0. The van der Waals surface area contributed by atoms with Gasteiger partial charge in [0.25, 0.3) is 5.91 Å². The average molecular weight is 406 g/mol. The monoisotopic (exact) mass is 405 g/mol. The number of hydrogen-bond donors (Lipinski definition) is 3. The maximum absolute atomic E-state index is 12.8. The first-order valence-corrected chi connectivity index (χ1v) is 10.5. The van der Waals surface area contributed by atoms with Crippen molar-refractivity contribution in [1.29, 1.82) is 0 Å². The van der Waals surface area contributed by atoms with E-state index in [0.717, 1.165) is 24.8 Å². The van der Waals surface area contributed by atoms with E-state index >= 15 is 0 Å². The second-order valence-corrected chi connectivity index (χ2v) is 8.72. The summed E-state index contributed by atoms with van der Waals surface area (Å²) in [5.74, 6) is -0.549. The second-order valence-electron chi connectivity index (χ2n) is 8.72. The van der Waals surface area contributed by atoms with Gasteiger partial charge in [-0.15, -0.1) is 0 Å². The molecule has 1 unspecified atom stereocenters. The quantitative estimate of drug-likeness (QED) is 0.585. The summed E-state index contributed by atoms with van der Waals surface area (Å²) in [6, 6.07) is 8.39. The van der Waals surface area contributed by atoms with Crippen LogP contribution in [-0.2, 0) is 4.79 Å². The van der Waals surface area contributed by atoms with Gasteiger partial charge in [0.2, 0.25) is 0 Å². The molecule has 1 aliphatic rings. The molecular weight excluding hydrogens is 370 g/mol. The minimum atomic E-state index is -1.44. The van der Waals surface area contributed by atoms with Crippen molar-refractivity contribution in [2.24, 2.45) is 5.41 Å². The van der Waals surface area contributed by atoms with Crippen molar-refractivity contribution in [3.05, 3.63) is 35.9 Å². The molecule has 2 amide bonds. The molecule has 1 aromatic rings. The van der Waals surface area contributed by atoms with Crippen molar-refractivity contribution in [3.63, 3.8) is 0 Å². The van der Waals surface area contributed by atoms with E-state index in [9.17, 15) is 19.8 Å². The van der Waals surface area contributed by atoms with Gasteiger partial charge in [-0.25, -0.2) is 14.8 Å². The van der Waals surface area contributed by atoms with Crippen LogP contribution in [0.2, 0.25) is 0 Å². The molecule has 1 saturated heterocycles. The third kappa shape index (κ3) is 6.18. The van der Waals surface area contributed by atoms with Crippen LogP contribution in [0, 0.1) is 5.41 Å². The third-order valence-corrected chi connectivity index (χ3v) is 5.62. The van der Waals surface area contributed by atoms with E-state index < -0.39 is 24.1 Å². The number of carbonyl (C=O) groups excluding carboxylic acids is 1. The first kappa shape index (κ1) is 23.2. The zero-order valence-electron chi connectivity index (χ0n) is 18.0. The number of hydrogen-bond acceptors (Lipinski definition) is 4. The minimum absolute atomic E-state index is 0.00194. The fraction of sp³-hybridized carbons (Fsp3) is 0.636. The Balaban J connectivity index is 2.17. The SMILES string of the molecule is CCCC[C@@H](C(O)C(=O)N[C@H](C)c1ccccc1)N(C(=O)O)N1CCC(C)(C)C1. The maximum Gasteiger partial charge on any atom is 0.422 e. The van der Waals surface area contributed by atoms with Crippen molar-refractivity contribution in [1.82, 2.24) is 15.3 Å². The van der Waals surface area contributed by atoms with Crippen LogP contribution < -0.4 is 5.32 Å². The van der Waals surface area contributed by atoms with Gasteiger partial charge in [0.1, 0.15) is 0 Å². The van der Waals surface area contributed by atoms with Crippen LogP contribution >= 0.6 is 0 Å². The number of unbranched alkanes of at least 4 members (excludes halogenated alkanes) is 1. The number of carbonyl (C=O) groups is 2. The molecule has 2 rings (SSSR count). The van der Waals surface area contributed by atoms with E-state index in [-0.39, 0.29) is 11.5 Å². The smallest absolute Gasteiger partial charge is 0.422 e. The molecule has 3 N–H and O–H groups in total. The predicted molar refractivity (Wildman–Crippen MR) is 112 cm³/mol. The van der Waals surface area contributed by atoms with Crippen LogP contribution in [0.5, 0.6) is 0 Å². The second kappa shape index (κ2) is 10.1. The van der Waals surface area contributed by atoms with Crippen LogP contribution in [0.1, 0.15) is 65.0 Å². The molecule has 0 aromatic heterocycles. The van der Waals surface area contributed by atoms with Gasteiger partial charge in [-0.1, -0.05) is 63.9 Å². The van der Waals surface area contributed by atoms with Crippen molar-refractivity contribution < 1.29 is 19.8 Å². The summed E-state index contributed by atoms with van der Waals surface area (Å²) >= 11 is 0. The van der Waals surface area contributed by atoms with Crippen molar-refractivity contribution in [2.75, 3.05) is 13.1 Å². The topological polar surface area (TPSA) is 93.1 Å². The number of aliphatic hydroxyl groups is 1. The number of aliphatic hydroxyl groups excluding tert-OH is 1. The number of nitrogens with one attached hydrogen (secondary N) is 1. The molecule has 29 heavy (non-hydrogen) atoms. The highest BCUT2D eigenvalue weighted by Gasteiger charge is 2.41. The fourth-order valence-electron chi connectivity index (χ4n) is 3.87. The average Bonchev–Trinajstić information content (AvgIpc) is 3.03. The van der Waals surface area contributed by atoms with Gasteiger partial charge in [-0.2, -0.15) is 0 Å². The maximum atomic E-state index is 12.8. The summed E-state index contributed by atoms with van der Waals surface area (Å²) in [6.45, 7) is 9.22. The summed E-state index contributed by atoms with van der Waals surface area (Å²) in [5.41, 5.74) is 0.924. The molecule has 7 nitrogen and oxygen atoms in total. The minimum Gasteiger partial charge on any atom is -0.464 e. The number of carboxylic acid groups (broad SMARTS) is 1. The summed E-state index contributed by atoms with van der Waals surface area (Å²) in [6.07, 6.45) is 0.298. The predicted octanol–water partition coefficient (Wildman–Crippen LogP) is 3.41. The lowest BCUT2D eigenvalue weighted by molar-refractivity contribution is -0.139. The van der Waals surface area contributed by atoms with Crippen molar-refractivity contribution in [3.8, 4) is 0 Å². The van der Waals surface area contributed by atoms with Gasteiger partial charge in [-0.3, -0.25) is 4.79 Å². The van der Waals surface area contributed by atoms with Crippen LogP contribution in [0.15, 0.2) is 30.3 Å². The molecule has 1 aliphatic heterocycles. The highest BCUT2D eigenvalue weighted by Crippen LogP contribution is 2.31. The Kier molecular flexibility index (Phi) is 8.05. The molecule has 1 heterocycles. The molecule has 0 bridgehead atoms. The Morgan fingerprint density at radius 1 is 1.28 bits per heavy atom. The lowest BCUT2D eigenvalue weighted by Crippen LogP contribution is -2.58. The molecule has 1 fully saturated rings. The zero-order chi connectivity index (χ0) is 21.6. The van der Waals surface area contributed by atoms with E-state index in [0.29, 0.717) is 19.5 Å². The highest BCUT2D eigenvalue weighted by atomic mass is 16.4. The van der Waals surface area contributed by atoms with E-state index in [4.69, 9.17) is 0 Å². The molecule has 162 valence electrons. The molecule has 0 spiro atoms. The number of rotatable bonds is 9. The lowest BCUT2D eigenvalue weighted by Gasteiger charge is -2.38. The Bertz CT molecular complexity index is 680. The Morgan fingerprint density at radius 2 is 1.93 bits per heavy atom.